The molecule has 0 aromatic heterocycles. The smallest absolute Gasteiger partial charge is 0.303 e. The van der Waals surface area contributed by atoms with Crippen LogP contribution in [0.4, 0.5) is 0 Å². The maximum Gasteiger partial charge on any atom is 0.303 e. The van der Waals surface area contributed by atoms with E-state index >= 15 is 0 Å². The Balaban J connectivity index is 1.78. The highest BCUT2D eigenvalue weighted by Gasteiger charge is 2.27. The van der Waals surface area contributed by atoms with E-state index in [4.69, 9.17) is 10.8 Å². The van der Waals surface area contributed by atoms with E-state index in [9.17, 15) is 4.79 Å². The Morgan fingerprint density at radius 1 is 0.960 bits per heavy atom. The van der Waals surface area contributed by atoms with Gasteiger partial charge in [0.05, 0.1) is 0 Å². The van der Waals surface area contributed by atoms with Gasteiger partial charge < -0.3 is 10.8 Å². The molecule has 3 rings (SSSR count). The molecule has 0 heterocycles. The summed E-state index contributed by atoms with van der Waals surface area (Å²) in [4.78, 5) is 10.6. The van der Waals surface area contributed by atoms with E-state index in [2.05, 4.69) is 48.5 Å². The number of aryl methyl sites for hydroxylation is 2. The summed E-state index contributed by atoms with van der Waals surface area (Å²) in [5, 5.41) is 8.75. The molecule has 1 aliphatic carbocycles. The Kier molecular flexibility index (Phi) is 5.87. The SMILES string of the molecule is NC(CCCCCC(=O)O)C1c2ccccc2CCc2ccccc21. The van der Waals surface area contributed by atoms with Crippen molar-refractivity contribution in [3.05, 3.63) is 70.8 Å². The molecule has 2 aromatic rings. The molecule has 1 atom stereocenters. The molecule has 25 heavy (non-hydrogen) atoms. The number of benzene rings is 2. The average molecular weight is 337 g/mol. The van der Waals surface area contributed by atoms with Gasteiger partial charge in [0.15, 0.2) is 0 Å². The monoisotopic (exact) mass is 337 g/mol. The largest absolute Gasteiger partial charge is 0.481 e. The zero-order valence-corrected chi connectivity index (χ0v) is 14.7. The average Bonchev–Trinajstić information content (AvgIpc) is 2.78. The summed E-state index contributed by atoms with van der Waals surface area (Å²) in [5.41, 5.74) is 12.2. The normalized spacial score (nSPS) is 15.1. The van der Waals surface area contributed by atoms with E-state index in [0.717, 1.165) is 38.5 Å². The van der Waals surface area contributed by atoms with Gasteiger partial charge in [-0.1, -0.05) is 61.4 Å². The summed E-state index contributed by atoms with van der Waals surface area (Å²) in [5.74, 6) is -0.481. The van der Waals surface area contributed by atoms with Crippen LogP contribution in [0.5, 0.6) is 0 Å². The van der Waals surface area contributed by atoms with E-state index in [1.165, 1.54) is 22.3 Å². The topological polar surface area (TPSA) is 63.3 Å². The maximum atomic E-state index is 10.6. The number of carboxylic acid groups (broad SMARTS) is 1. The molecule has 0 amide bonds. The molecule has 0 bridgehead atoms. The van der Waals surface area contributed by atoms with Crippen LogP contribution in [-0.2, 0) is 17.6 Å². The number of unbranched alkanes of at least 4 members (excludes halogenated alkanes) is 2. The van der Waals surface area contributed by atoms with Gasteiger partial charge >= 0.3 is 5.97 Å². The van der Waals surface area contributed by atoms with Crippen LogP contribution in [0.1, 0.15) is 60.3 Å². The Morgan fingerprint density at radius 2 is 1.52 bits per heavy atom. The van der Waals surface area contributed by atoms with Crippen molar-refractivity contribution >= 4 is 5.97 Å². The van der Waals surface area contributed by atoms with Crippen molar-refractivity contribution < 1.29 is 9.90 Å². The zero-order chi connectivity index (χ0) is 17.6. The lowest BCUT2D eigenvalue weighted by atomic mass is 9.81. The number of hydrogen-bond acceptors (Lipinski definition) is 2. The van der Waals surface area contributed by atoms with Crippen LogP contribution in [-0.4, -0.2) is 17.1 Å². The van der Waals surface area contributed by atoms with Gasteiger partial charge in [-0.05, 0) is 47.9 Å². The second kappa shape index (κ2) is 8.30. The molecule has 0 saturated heterocycles. The van der Waals surface area contributed by atoms with Gasteiger partial charge in [0.1, 0.15) is 0 Å². The number of carboxylic acids is 1. The molecule has 0 fully saturated rings. The number of carbonyl (C=O) groups is 1. The molecule has 1 aliphatic rings. The van der Waals surface area contributed by atoms with Crippen LogP contribution < -0.4 is 5.73 Å². The molecular formula is C22H27NO2. The second-order valence-corrected chi connectivity index (χ2v) is 7.03. The third-order valence-electron chi connectivity index (χ3n) is 5.30. The summed E-state index contributed by atoms with van der Waals surface area (Å²) in [6.07, 6.45) is 5.95. The lowest BCUT2D eigenvalue weighted by Gasteiger charge is -2.26. The van der Waals surface area contributed by atoms with Gasteiger partial charge in [0.2, 0.25) is 0 Å². The molecule has 132 valence electrons. The van der Waals surface area contributed by atoms with E-state index in [-0.39, 0.29) is 18.4 Å². The molecule has 1 unspecified atom stereocenters. The lowest BCUT2D eigenvalue weighted by Crippen LogP contribution is -2.30. The van der Waals surface area contributed by atoms with E-state index in [0.29, 0.717) is 0 Å². The van der Waals surface area contributed by atoms with Crippen molar-refractivity contribution in [1.29, 1.82) is 0 Å². The number of rotatable bonds is 7. The fourth-order valence-electron chi connectivity index (χ4n) is 4.03. The highest BCUT2D eigenvalue weighted by Crippen LogP contribution is 2.37. The van der Waals surface area contributed by atoms with Gasteiger partial charge in [-0.15, -0.1) is 0 Å². The minimum absolute atomic E-state index is 0.0604. The first-order valence-electron chi connectivity index (χ1n) is 9.30. The summed E-state index contributed by atoms with van der Waals surface area (Å²) >= 11 is 0. The molecule has 0 aliphatic heterocycles. The highest BCUT2D eigenvalue weighted by atomic mass is 16.4. The third-order valence-corrected chi connectivity index (χ3v) is 5.30. The first kappa shape index (κ1) is 17.7. The molecule has 0 spiro atoms. The Morgan fingerprint density at radius 3 is 2.08 bits per heavy atom. The molecule has 3 heteroatoms. The van der Waals surface area contributed by atoms with Crippen molar-refractivity contribution in [2.45, 2.75) is 56.9 Å². The standard InChI is InChI=1S/C22H27NO2/c23-20(12-2-1-3-13-21(24)25)22-18-10-6-4-8-16(18)14-15-17-9-5-7-11-19(17)22/h4-11,20,22H,1-3,12-15,23H2,(H,24,25). The molecular weight excluding hydrogens is 310 g/mol. The number of aliphatic carboxylic acids is 1. The van der Waals surface area contributed by atoms with Crippen LogP contribution in [0, 0.1) is 0 Å². The maximum absolute atomic E-state index is 10.6. The van der Waals surface area contributed by atoms with Crippen LogP contribution in [0.3, 0.4) is 0 Å². The molecule has 3 nitrogen and oxygen atoms in total. The van der Waals surface area contributed by atoms with Crippen molar-refractivity contribution in [2.24, 2.45) is 5.73 Å². The Labute approximate surface area is 149 Å². The van der Waals surface area contributed by atoms with Crippen LogP contribution in [0.2, 0.25) is 0 Å². The summed E-state index contributed by atoms with van der Waals surface area (Å²) in [7, 11) is 0. The van der Waals surface area contributed by atoms with Crippen LogP contribution in [0.25, 0.3) is 0 Å². The van der Waals surface area contributed by atoms with Crippen molar-refractivity contribution in [2.75, 3.05) is 0 Å². The van der Waals surface area contributed by atoms with Gasteiger partial charge in [-0.2, -0.15) is 0 Å². The Bertz CT molecular complexity index is 678. The van der Waals surface area contributed by atoms with E-state index < -0.39 is 5.97 Å². The number of nitrogens with two attached hydrogens (primary N) is 1. The van der Waals surface area contributed by atoms with Gasteiger partial charge in [0, 0.05) is 18.4 Å². The fraction of sp³-hybridized carbons (Fsp3) is 0.409. The van der Waals surface area contributed by atoms with Gasteiger partial charge in [-0.25, -0.2) is 0 Å². The molecule has 3 N–H and O–H groups in total. The minimum Gasteiger partial charge on any atom is -0.481 e. The summed E-state index contributed by atoms with van der Waals surface area (Å²) in [6.45, 7) is 0. The van der Waals surface area contributed by atoms with Gasteiger partial charge in [0.25, 0.3) is 0 Å². The summed E-state index contributed by atoms with van der Waals surface area (Å²) < 4.78 is 0. The van der Waals surface area contributed by atoms with E-state index in [1.807, 2.05) is 0 Å². The number of fused-ring (bicyclic) bond motifs is 2. The van der Waals surface area contributed by atoms with Crippen molar-refractivity contribution in [1.82, 2.24) is 0 Å². The first-order chi connectivity index (χ1) is 12.2. The molecule has 0 saturated carbocycles. The van der Waals surface area contributed by atoms with Crippen molar-refractivity contribution in [3.63, 3.8) is 0 Å². The molecule has 2 aromatic carbocycles. The Hall–Kier alpha value is -2.13. The van der Waals surface area contributed by atoms with Crippen LogP contribution >= 0.6 is 0 Å². The van der Waals surface area contributed by atoms with Crippen molar-refractivity contribution in [3.8, 4) is 0 Å². The quantitative estimate of drug-likeness (QED) is 0.741. The predicted molar refractivity (Wildman–Crippen MR) is 101 cm³/mol. The van der Waals surface area contributed by atoms with Crippen LogP contribution in [0.15, 0.2) is 48.5 Å². The second-order valence-electron chi connectivity index (χ2n) is 7.03. The van der Waals surface area contributed by atoms with E-state index in [1.54, 1.807) is 0 Å². The number of hydrogen-bond donors (Lipinski definition) is 2. The molecule has 0 radical (unpaired) electrons. The highest BCUT2D eigenvalue weighted by molar-refractivity contribution is 5.66. The minimum atomic E-state index is -0.712. The fourth-order valence-corrected chi connectivity index (χ4v) is 4.03. The first-order valence-corrected chi connectivity index (χ1v) is 9.30. The van der Waals surface area contributed by atoms with Gasteiger partial charge in [-0.3, -0.25) is 4.79 Å². The zero-order valence-electron chi connectivity index (χ0n) is 14.7. The summed E-state index contributed by atoms with van der Waals surface area (Å²) in [6, 6.07) is 17.4. The lowest BCUT2D eigenvalue weighted by molar-refractivity contribution is -0.137. The predicted octanol–water partition coefficient (Wildman–Crippen LogP) is 4.28. The third kappa shape index (κ3) is 4.29.